The second-order valence-electron chi connectivity index (χ2n) is 5.62. The van der Waals surface area contributed by atoms with Crippen LogP contribution >= 0.6 is 11.3 Å². The van der Waals surface area contributed by atoms with Crippen LogP contribution in [0.4, 0.5) is 5.69 Å². The zero-order valence-electron chi connectivity index (χ0n) is 14.1. The van der Waals surface area contributed by atoms with E-state index in [0.717, 1.165) is 0 Å². The number of carbonyl (C=O) groups is 3. The van der Waals surface area contributed by atoms with Crippen molar-refractivity contribution in [3.63, 3.8) is 0 Å². The molecule has 26 heavy (non-hydrogen) atoms. The zero-order chi connectivity index (χ0) is 18.5. The van der Waals surface area contributed by atoms with E-state index in [2.05, 4.69) is 5.32 Å². The van der Waals surface area contributed by atoms with Gasteiger partial charge in [-0.3, -0.25) is 9.59 Å². The Balaban J connectivity index is 1.77. The van der Waals surface area contributed by atoms with Gasteiger partial charge in [-0.1, -0.05) is 12.1 Å². The highest BCUT2D eigenvalue weighted by Gasteiger charge is 2.34. The van der Waals surface area contributed by atoms with Crippen LogP contribution in [0.15, 0.2) is 41.8 Å². The number of hydrogen-bond acceptors (Lipinski definition) is 6. The van der Waals surface area contributed by atoms with Crippen molar-refractivity contribution in [2.45, 2.75) is 6.04 Å². The van der Waals surface area contributed by atoms with E-state index in [4.69, 9.17) is 9.47 Å². The summed E-state index contributed by atoms with van der Waals surface area (Å²) in [6.07, 6.45) is 0. The van der Waals surface area contributed by atoms with Gasteiger partial charge in [-0.05, 0) is 29.6 Å². The fourth-order valence-electron chi connectivity index (χ4n) is 2.67. The largest absolute Gasteiger partial charge is 0.467 e. The number of carbonyl (C=O) groups excluding carboxylic acids is 3. The zero-order valence-corrected chi connectivity index (χ0v) is 15.0. The SMILES string of the molecule is COC(=O)C1COCCN1C(=O)c1cccc(NC(=O)c2cccs2)c1. The van der Waals surface area contributed by atoms with Crippen molar-refractivity contribution in [2.24, 2.45) is 0 Å². The van der Waals surface area contributed by atoms with Crippen LogP contribution in [-0.2, 0) is 14.3 Å². The molecule has 8 heteroatoms. The number of hydrogen-bond donors (Lipinski definition) is 1. The lowest BCUT2D eigenvalue weighted by Crippen LogP contribution is -2.53. The summed E-state index contributed by atoms with van der Waals surface area (Å²) >= 11 is 1.34. The summed E-state index contributed by atoms with van der Waals surface area (Å²) in [4.78, 5) is 38.9. The highest BCUT2D eigenvalue weighted by Crippen LogP contribution is 2.18. The molecule has 2 amide bonds. The summed E-state index contributed by atoms with van der Waals surface area (Å²) in [6.45, 7) is 0.756. The second kappa shape index (κ2) is 8.11. The van der Waals surface area contributed by atoms with Crippen molar-refractivity contribution >= 4 is 34.8 Å². The first kappa shape index (κ1) is 18.1. The Morgan fingerprint density at radius 3 is 2.85 bits per heavy atom. The quantitative estimate of drug-likeness (QED) is 0.828. The Labute approximate surface area is 154 Å². The van der Waals surface area contributed by atoms with Crippen molar-refractivity contribution in [1.29, 1.82) is 0 Å². The molecule has 1 fully saturated rings. The highest BCUT2D eigenvalue weighted by molar-refractivity contribution is 7.12. The topological polar surface area (TPSA) is 84.9 Å². The Kier molecular flexibility index (Phi) is 5.65. The number of ether oxygens (including phenoxy) is 2. The molecular formula is C18H18N2O5S. The van der Waals surface area contributed by atoms with E-state index in [0.29, 0.717) is 29.3 Å². The third-order valence-electron chi connectivity index (χ3n) is 3.97. The van der Waals surface area contributed by atoms with Crippen molar-refractivity contribution in [3.8, 4) is 0 Å². The molecule has 0 aliphatic carbocycles. The van der Waals surface area contributed by atoms with Gasteiger partial charge in [0.25, 0.3) is 11.8 Å². The van der Waals surface area contributed by atoms with E-state index >= 15 is 0 Å². The Morgan fingerprint density at radius 2 is 2.12 bits per heavy atom. The van der Waals surface area contributed by atoms with Crippen LogP contribution in [-0.4, -0.2) is 55.6 Å². The molecule has 1 aliphatic rings. The molecule has 1 atom stereocenters. The van der Waals surface area contributed by atoms with Gasteiger partial charge in [0, 0.05) is 17.8 Å². The molecular weight excluding hydrogens is 356 g/mol. The predicted octanol–water partition coefficient (Wildman–Crippen LogP) is 2.01. The van der Waals surface area contributed by atoms with Gasteiger partial charge in [-0.25, -0.2) is 4.79 Å². The third kappa shape index (κ3) is 3.92. The maximum Gasteiger partial charge on any atom is 0.331 e. The molecule has 2 aromatic rings. The summed E-state index contributed by atoms with van der Waals surface area (Å²) < 4.78 is 10.0. The van der Waals surface area contributed by atoms with Crippen LogP contribution in [0.1, 0.15) is 20.0 Å². The van der Waals surface area contributed by atoms with E-state index < -0.39 is 12.0 Å². The Hall–Kier alpha value is -2.71. The number of benzene rings is 1. The van der Waals surface area contributed by atoms with Gasteiger partial charge in [-0.15, -0.1) is 11.3 Å². The average molecular weight is 374 g/mol. The van der Waals surface area contributed by atoms with Gasteiger partial charge in [0.2, 0.25) is 0 Å². The number of anilines is 1. The lowest BCUT2D eigenvalue weighted by molar-refractivity contribution is -0.151. The van der Waals surface area contributed by atoms with Crippen LogP contribution in [0.5, 0.6) is 0 Å². The predicted molar refractivity (Wildman–Crippen MR) is 96.4 cm³/mol. The Morgan fingerprint density at radius 1 is 1.27 bits per heavy atom. The van der Waals surface area contributed by atoms with E-state index in [1.54, 1.807) is 36.4 Å². The third-order valence-corrected chi connectivity index (χ3v) is 4.84. The van der Waals surface area contributed by atoms with E-state index in [1.165, 1.54) is 23.3 Å². The first-order chi connectivity index (χ1) is 12.6. The average Bonchev–Trinajstić information content (AvgIpc) is 3.22. The fourth-order valence-corrected chi connectivity index (χ4v) is 3.29. The standard InChI is InChI=1S/C18H18N2O5S/c1-24-18(23)14-11-25-8-7-20(14)17(22)12-4-2-5-13(10-12)19-16(21)15-6-3-9-26-15/h2-6,9-10,14H,7-8,11H2,1H3,(H,19,21). The first-order valence-corrected chi connectivity index (χ1v) is 8.89. The minimum Gasteiger partial charge on any atom is -0.467 e. The lowest BCUT2D eigenvalue weighted by atomic mass is 10.1. The van der Waals surface area contributed by atoms with Crippen LogP contribution in [0, 0.1) is 0 Å². The number of esters is 1. The van der Waals surface area contributed by atoms with Gasteiger partial charge in [0.1, 0.15) is 0 Å². The molecule has 0 saturated carbocycles. The van der Waals surface area contributed by atoms with Crippen molar-refractivity contribution in [1.82, 2.24) is 4.90 Å². The number of nitrogens with zero attached hydrogens (tertiary/aromatic N) is 1. The molecule has 0 radical (unpaired) electrons. The normalized spacial score (nSPS) is 16.8. The summed E-state index contributed by atoms with van der Waals surface area (Å²) in [5, 5.41) is 4.59. The van der Waals surface area contributed by atoms with Crippen LogP contribution in [0.25, 0.3) is 0 Å². The van der Waals surface area contributed by atoms with Gasteiger partial charge < -0.3 is 19.7 Å². The smallest absolute Gasteiger partial charge is 0.331 e. The summed E-state index contributed by atoms with van der Waals surface area (Å²) in [6, 6.07) is 9.38. The lowest BCUT2D eigenvalue weighted by Gasteiger charge is -2.33. The molecule has 1 aliphatic heterocycles. The fraction of sp³-hybridized carbons (Fsp3) is 0.278. The number of methoxy groups -OCH3 is 1. The molecule has 1 aromatic heterocycles. The molecule has 136 valence electrons. The summed E-state index contributed by atoms with van der Waals surface area (Å²) in [5.41, 5.74) is 0.891. The van der Waals surface area contributed by atoms with Gasteiger partial charge in [-0.2, -0.15) is 0 Å². The summed E-state index contributed by atoms with van der Waals surface area (Å²) in [5.74, 6) is -1.06. The van der Waals surface area contributed by atoms with E-state index in [9.17, 15) is 14.4 Å². The molecule has 1 unspecified atom stereocenters. The van der Waals surface area contributed by atoms with Gasteiger partial charge >= 0.3 is 5.97 Å². The number of rotatable bonds is 4. The van der Waals surface area contributed by atoms with E-state index in [-0.39, 0.29) is 18.4 Å². The Bertz CT molecular complexity index is 806. The van der Waals surface area contributed by atoms with Crippen molar-refractivity contribution < 1.29 is 23.9 Å². The molecule has 3 rings (SSSR count). The molecule has 1 saturated heterocycles. The van der Waals surface area contributed by atoms with E-state index in [1.807, 2.05) is 5.38 Å². The van der Waals surface area contributed by atoms with Crippen molar-refractivity contribution in [2.75, 3.05) is 32.2 Å². The highest BCUT2D eigenvalue weighted by atomic mass is 32.1. The summed E-state index contributed by atoms with van der Waals surface area (Å²) in [7, 11) is 1.28. The molecule has 1 N–H and O–H groups in total. The molecule has 0 spiro atoms. The maximum absolute atomic E-state index is 12.8. The number of morpholine rings is 1. The van der Waals surface area contributed by atoms with Crippen molar-refractivity contribution in [3.05, 3.63) is 52.2 Å². The molecule has 0 bridgehead atoms. The molecule has 2 heterocycles. The van der Waals surface area contributed by atoms with Gasteiger partial charge in [0.05, 0.1) is 25.2 Å². The minimum atomic E-state index is -0.773. The number of nitrogens with one attached hydrogen (secondary N) is 1. The number of thiophene rings is 1. The molecule has 1 aromatic carbocycles. The minimum absolute atomic E-state index is 0.104. The van der Waals surface area contributed by atoms with Crippen LogP contribution < -0.4 is 5.32 Å². The number of amides is 2. The monoisotopic (exact) mass is 374 g/mol. The maximum atomic E-state index is 12.8. The molecule has 7 nitrogen and oxygen atoms in total. The second-order valence-corrected chi connectivity index (χ2v) is 6.57. The first-order valence-electron chi connectivity index (χ1n) is 8.01. The van der Waals surface area contributed by atoms with Crippen LogP contribution in [0.2, 0.25) is 0 Å². The van der Waals surface area contributed by atoms with Crippen LogP contribution in [0.3, 0.4) is 0 Å². The van der Waals surface area contributed by atoms with Gasteiger partial charge in [0.15, 0.2) is 6.04 Å².